The molecule has 2 rings (SSSR count). The molecule has 0 aliphatic carbocycles. The molecule has 2 aromatic rings. The van der Waals surface area contributed by atoms with Gasteiger partial charge < -0.3 is 0 Å². The molecule has 1 aromatic heterocycles. The number of hydrogen-bond donors (Lipinski definition) is 1. The number of nitrogens with zero attached hydrogens (tertiary/aromatic N) is 3. The van der Waals surface area contributed by atoms with Crippen LogP contribution >= 0.6 is 0 Å². The van der Waals surface area contributed by atoms with Gasteiger partial charge >= 0.3 is 5.69 Å². The molecule has 94 valence electrons. The van der Waals surface area contributed by atoms with E-state index in [0.29, 0.717) is 11.5 Å². The molecule has 0 unspecified atom stereocenters. The summed E-state index contributed by atoms with van der Waals surface area (Å²) in [6, 6.07) is 7.43. The van der Waals surface area contributed by atoms with Crippen LogP contribution in [0.4, 0.5) is 0 Å². The highest BCUT2D eigenvalue weighted by atomic mass is 16.2. The van der Waals surface area contributed by atoms with Crippen LogP contribution in [0.25, 0.3) is 5.69 Å². The van der Waals surface area contributed by atoms with Gasteiger partial charge in [-0.1, -0.05) is 18.2 Å². The van der Waals surface area contributed by atoms with Crippen LogP contribution in [-0.2, 0) is 4.79 Å². The Hall–Kier alpha value is -2.37. The van der Waals surface area contributed by atoms with Crippen LogP contribution in [0, 0.1) is 13.8 Å². The van der Waals surface area contributed by atoms with Crippen LogP contribution in [0.2, 0.25) is 0 Å². The standard InChI is InChI=1S/C12H14N4O2/c1-8-6-4-5-7-11(8)16-12(18)15(9(2)13-16)14-10(3)17/h4-7H,1-3H3,(H,14,17). The van der Waals surface area contributed by atoms with Crippen molar-refractivity contribution in [1.29, 1.82) is 0 Å². The summed E-state index contributed by atoms with van der Waals surface area (Å²) >= 11 is 0. The van der Waals surface area contributed by atoms with E-state index in [2.05, 4.69) is 10.5 Å². The number of hydrogen-bond acceptors (Lipinski definition) is 3. The predicted molar refractivity (Wildman–Crippen MR) is 67.3 cm³/mol. The van der Waals surface area contributed by atoms with Gasteiger partial charge in [-0.3, -0.25) is 10.2 Å². The fraction of sp³-hybridized carbons (Fsp3) is 0.250. The van der Waals surface area contributed by atoms with E-state index in [1.54, 1.807) is 13.0 Å². The van der Waals surface area contributed by atoms with Gasteiger partial charge in [0, 0.05) is 6.92 Å². The van der Waals surface area contributed by atoms with Crippen LogP contribution < -0.4 is 11.1 Å². The van der Waals surface area contributed by atoms with E-state index < -0.39 is 5.69 Å². The molecule has 6 heteroatoms. The van der Waals surface area contributed by atoms with E-state index in [0.717, 1.165) is 10.2 Å². The van der Waals surface area contributed by atoms with E-state index in [9.17, 15) is 9.59 Å². The zero-order chi connectivity index (χ0) is 13.3. The van der Waals surface area contributed by atoms with Crippen molar-refractivity contribution in [2.24, 2.45) is 0 Å². The lowest BCUT2D eigenvalue weighted by Crippen LogP contribution is -2.33. The summed E-state index contributed by atoms with van der Waals surface area (Å²) in [6.07, 6.45) is 0. The molecule has 0 radical (unpaired) electrons. The molecule has 0 bridgehead atoms. The zero-order valence-electron chi connectivity index (χ0n) is 10.5. The average Bonchev–Trinajstić information content (AvgIpc) is 2.57. The quantitative estimate of drug-likeness (QED) is 0.849. The molecule has 0 saturated heterocycles. The second-order valence-electron chi connectivity index (χ2n) is 4.03. The van der Waals surface area contributed by atoms with Gasteiger partial charge in [0.15, 0.2) is 5.82 Å². The minimum absolute atomic E-state index is 0.315. The number of carbonyl (C=O) groups is 1. The van der Waals surface area contributed by atoms with E-state index in [-0.39, 0.29) is 5.91 Å². The fourth-order valence-electron chi connectivity index (χ4n) is 1.71. The van der Waals surface area contributed by atoms with Crippen molar-refractivity contribution in [3.63, 3.8) is 0 Å². The number of aryl methyl sites for hydroxylation is 2. The Bertz CT molecular complexity index is 654. The number of benzene rings is 1. The molecule has 0 fully saturated rings. The first-order chi connectivity index (χ1) is 8.50. The highest BCUT2D eigenvalue weighted by molar-refractivity contribution is 5.80. The van der Waals surface area contributed by atoms with E-state index in [1.165, 1.54) is 11.6 Å². The summed E-state index contributed by atoms with van der Waals surface area (Å²) in [5, 5.41) is 4.15. The Morgan fingerprint density at radius 1 is 1.28 bits per heavy atom. The van der Waals surface area contributed by atoms with Gasteiger partial charge in [-0.05, 0) is 25.5 Å². The first-order valence-electron chi connectivity index (χ1n) is 5.53. The number of rotatable bonds is 2. The molecule has 0 atom stereocenters. The lowest BCUT2D eigenvalue weighted by atomic mass is 10.2. The van der Waals surface area contributed by atoms with Crippen molar-refractivity contribution in [1.82, 2.24) is 14.5 Å². The van der Waals surface area contributed by atoms with Crippen LogP contribution in [0.5, 0.6) is 0 Å². The van der Waals surface area contributed by atoms with Gasteiger partial charge in [-0.25, -0.2) is 4.79 Å². The van der Waals surface area contributed by atoms with Crippen molar-refractivity contribution in [2.45, 2.75) is 20.8 Å². The predicted octanol–water partition coefficient (Wildman–Crippen LogP) is 0.741. The maximum Gasteiger partial charge on any atom is 0.369 e. The van der Waals surface area contributed by atoms with Crippen LogP contribution in [0.3, 0.4) is 0 Å². The SMILES string of the molecule is CC(=O)Nn1c(C)nn(-c2ccccc2C)c1=O. The van der Waals surface area contributed by atoms with Crippen molar-refractivity contribution in [2.75, 3.05) is 5.43 Å². The van der Waals surface area contributed by atoms with Gasteiger partial charge in [0.2, 0.25) is 5.91 Å². The molecule has 1 aromatic carbocycles. The van der Waals surface area contributed by atoms with E-state index in [1.807, 2.05) is 25.1 Å². The van der Waals surface area contributed by atoms with Crippen LogP contribution in [0.15, 0.2) is 29.1 Å². The second-order valence-corrected chi connectivity index (χ2v) is 4.03. The Morgan fingerprint density at radius 3 is 2.56 bits per heavy atom. The lowest BCUT2D eigenvalue weighted by molar-refractivity contribution is -0.115. The van der Waals surface area contributed by atoms with E-state index in [4.69, 9.17) is 0 Å². The molecule has 0 aliphatic rings. The first-order valence-corrected chi connectivity index (χ1v) is 5.53. The summed E-state index contributed by atoms with van der Waals surface area (Å²) in [5.41, 5.74) is 3.68. The number of carbonyl (C=O) groups excluding carboxylic acids is 1. The molecule has 0 spiro atoms. The highest BCUT2D eigenvalue weighted by Crippen LogP contribution is 2.09. The molecular weight excluding hydrogens is 232 g/mol. The molecular formula is C12H14N4O2. The fourth-order valence-corrected chi connectivity index (χ4v) is 1.71. The third kappa shape index (κ3) is 2.04. The summed E-state index contributed by atoms with van der Waals surface area (Å²) in [4.78, 5) is 23.1. The summed E-state index contributed by atoms with van der Waals surface area (Å²) in [7, 11) is 0. The number of para-hydroxylation sites is 1. The minimum Gasteiger partial charge on any atom is -0.274 e. The van der Waals surface area contributed by atoms with Gasteiger partial charge in [0.25, 0.3) is 0 Å². The molecule has 1 heterocycles. The highest BCUT2D eigenvalue weighted by Gasteiger charge is 2.13. The number of aromatic nitrogens is 3. The van der Waals surface area contributed by atoms with Crippen molar-refractivity contribution in [3.05, 3.63) is 46.1 Å². The molecule has 6 nitrogen and oxygen atoms in total. The maximum atomic E-state index is 12.1. The third-order valence-corrected chi connectivity index (χ3v) is 2.55. The monoisotopic (exact) mass is 246 g/mol. The van der Waals surface area contributed by atoms with E-state index >= 15 is 0 Å². The third-order valence-electron chi connectivity index (χ3n) is 2.55. The van der Waals surface area contributed by atoms with Gasteiger partial charge in [-0.15, -0.1) is 5.10 Å². The maximum absolute atomic E-state index is 12.1. The average molecular weight is 246 g/mol. The van der Waals surface area contributed by atoms with Crippen LogP contribution in [-0.4, -0.2) is 20.4 Å². The van der Waals surface area contributed by atoms with Gasteiger partial charge in [0.05, 0.1) is 5.69 Å². The Kier molecular flexibility index (Phi) is 3.01. The summed E-state index contributed by atoms with van der Waals surface area (Å²) < 4.78 is 2.41. The Labute approximate surface area is 104 Å². The number of nitrogens with one attached hydrogen (secondary N) is 1. The zero-order valence-corrected chi connectivity index (χ0v) is 10.5. The summed E-state index contributed by atoms with van der Waals surface area (Å²) in [6.45, 7) is 4.90. The molecule has 0 aliphatic heterocycles. The molecule has 18 heavy (non-hydrogen) atoms. The van der Waals surface area contributed by atoms with Gasteiger partial charge in [-0.2, -0.15) is 9.36 Å². The second kappa shape index (κ2) is 4.48. The minimum atomic E-state index is -0.392. The van der Waals surface area contributed by atoms with Crippen molar-refractivity contribution >= 4 is 5.91 Å². The Morgan fingerprint density at radius 2 is 1.94 bits per heavy atom. The van der Waals surface area contributed by atoms with Crippen molar-refractivity contribution in [3.8, 4) is 5.69 Å². The Balaban J connectivity index is 2.58. The molecule has 0 saturated carbocycles. The summed E-state index contributed by atoms with van der Waals surface area (Å²) in [5.74, 6) is 0.114. The topological polar surface area (TPSA) is 68.9 Å². The normalized spacial score (nSPS) is 10.4. The van der Waals surface area contributed by atoms with Crippen molar-refractivity contribution < 1.29 is 4.79 Å². The molecule has 1 N–H and O–H groups in total. The lowest BCUT2D eigenvalue weighted by Gasteiger charge is -2.03. The largest absolute Gasteiger partial charge is 0.369 e. The van der Waals surface area contributed by atoms with Crippen LogP contribution in [0.1, 0.15) is 18.3 Å². The molecule has 1 amide bonds. The smallest absolute Gasteiger partial charge is 0.274 e. The number of amides is 1. The van der Waals surface area contributed by atoms with Gasteiger partial charge in [0.1, 0.15) is 0 Å². The first kappa shape index (κ1) is 12.1.